The van der Waals surface area contributed by atoms with Gasteiger partial charge in [-0.15, -0.1) is 24.2 Å². The van der Waals surface area contributed by atoms with E-state index in [9.17, 15) is 9.90 Å². The first-order valence-corrected chi connectivity index (χ1v) is 11.4. The van der Waals surface area contributed by atoms with Crippen molar-refractivity contribution in [1.82, 2.24) is 15.3 Å². The number of H-pyrrole nitrogens is 1. The summed E-state index contributed by atoms with van der Waals surface area (Å²) in [6, 6.07) is 19.2. The normalized spacial score (nSPS) is 9.94. The maximum atomic E-state index is 12.0. The van der Waals surface area contributed by atoms with Crippen molar-refractivity contribution in [3.05, 3.63) is 87.2 Å². The molecule has 0 saturated heterocycles. The first-order chi connectivity index (χ1) is 16.1. The van der Waals surface area contributed by atoms with E-state index in [1.54, 1.807) is 29.5 Å². The molecule has 2 heterocycles. The van der Waals surface area contributed by atoms with Gasteiger partial charge in [-0.1, -0.05) is 30.3 Å². The predicted octanol–water partition coefficient (Wildman–Crippen LogP) is 4.41. The number of benzene rings is 2. The number of anilines is 1. The second-order valence-corrected chi connectivity index (χ2v) is 8.38. The van der Waals surface area contributed by atoms with Gasteiger partial charge in [0.15, 0.2) is 0 Å². The Hall–Kier alpha value is -3.60. The number of terminal acetylenes is 1. The van der Waals surface area contributed by atoms with Crippen molar-refractivity contribution >= 4 is 27.4 Å². The van der Waals surface area contributed by atoms with Crippen molar-refractivity contribution in [2.45, 2.75) is 19.3 Å². The Morgan fingerprint density at radius 1 is 1.06 bits per heavy atom. The molecule has 6 nitrogen and oxygen atoms in total. The molecule has 0 unspecified atom stereocenters. The molecule has 0 aliphatic heterocycles. The molecule has 33 heavy (non-hydrogen) atoms. The topological polar surface area (TPSA) is 90.0 Å². The van der Waals surface area contributed by atoms with Gasteiger partial charge >= 0.3 is 0 Å². The molecule has 4 aromatic rings. The lowest BCUT2D eigenvalue weighted by Gasteiger charge is -2.07. The maximum absolute atomic E-state index is 12.0. The molecule has 0 aliphatic rings. The van der Waals surface area contributed by atoms with Gasteiger partial charge in [0, 0.05) is 28.6 Å². The molecular weight excluding hydrogens is 432 g/mol. The Morgan fingerprint density at radius 2 is 1.76 bits per heavy atom. The number of phenolic OH excluding ortho intramolecular Hbond substituents is 1. The number of aromatic nitrogens is 2. The molecule has 4 N–H and O–H groups in total. The van der Waals surface area contributed by atoms with Crippen molar-refractivity contribution in [2.75, 3.05) is 26.0 Å². The molecule has 2 aromatic heterocycles. The van der Waals surface area contributed by atoms with E-state index in [1.807, 2.05) is 38.4 Å². The van der Waals surface area contributed by atoms with Gasteiger partial charge in [-0.25, -0.2) is 4.98 Å². The third kappa shape index (κ3) is 8.45. The zero-order valence-electron chi connectivity index (χ0n) is 19.0. The van der Waals surface area contributed by atoms with Gasteiger partial charge in [0.2, 0.25) is 5.95 Å². The number of rotatable bonds is 7. The van der Waals surface area contributed by atoms with Crippen LogP contribution in [-0.2, 0) is 12.8 Å². The molecule has 0 radical (unpaired) electrons. The van der Waals surface area contributed by atoms with Crippen LogP contribution in [-0.4, -0.2) is 35.7 Å². The molecule has 7 heteroatoms. The summed E-state index contributed by atoms with van der Waals surface area (Å²) in [5.74, 6) is 0.786. The number of fused-ring (bicyclic) bond motifs is 1. The molecule has 0 amide bonds. The zero-order chi connectivity index (χ0) is 24.1. The summed E-state index contributed by atoms with van der Waals surface area (Å²) in [4.78, 5) is 20.5. The van der Waals surface area contributed by atoms with Crippen LogP contribution in [0.4, 0.5) is 5.95 Å². The van der Waals surface area contributed by atoms with Crippen LogP contribution in [0.1, 0.15) is 22.6 Å². The highest BCUT2D eigenvalue weighted by atomic mass is 32.1. The van der Waals surface area contributed by atoms with Crippen LogP contribution >= 0.6 is 11.3 Å². The molecule has 0 bridgehead atoms. The highest BCUT2D eigenvalue weighted by Gasteiger charge is 2.06. The fraction of sp³-hybridized carbons (Fsp3) is 0.231. The Labute approximate surface area is 198 Å². The Bertz CT molecular complexity index is 1160. The van der Waals surface area contributed by atoms with E-state index in [2.05, 4.69) is 51.6 Å². The molecule has 172 valence electrons. The second kappa shape index (κ2) is 13.7. The van der Waals surface area contributed by atoms with E-state index in [4.69, 9.17) is 0 Å². The number of aryl methyl sites for hydroxylation is 1. The number of phenols is 1. The quantitative estimate of drug-likeness (QED) is 0.241. The Kier molecular flexibility index (Phi) is 10.7. The standard InChI is InChI=1S/C22H21N3O2S.C2H7N.C2H2/c26-18-9-7-15(8-10-18)4-3-11-23-22-24-17(14-21(27)25-22)13-19-12-16-5-1-2-6-20(16)28-19;1-3-2;1-2/h1-2,5-10,12,14,26H,3-4,11,13H2,(H2,23,24,25,27);3H,1-2H3;1-2H. The minimum absolute atomic E-state index is 0.146. The summed E-state index contributed by atoms with van der Waals surface area (Å²) in [6.45, 7) is 0.705. The average molecular weight is 463 g/mol. The van der Waals surface area contributed by atoms with Crippen molar-refractivity contribution in [1.29, 1.82) is 0 Å². The van der Waals surface area contributed by atoms with Crippen LogP contribution in [0.15, 0.2) is 65.5 Å². The lowest BCUT2D eigenvalue weighted by molar-refractivity contribution is 0.475. The van der Waals surface area contributed by atoms with Gasteiger partial charge in [-0.05, 0) is 62.2 Å². The molecule has 0 atom stereocenters. The summed E-state index contributed by atoms with van der Waals surface area (Å²) in [5, 5.41) is 16.5. The number of thiophene rings is 1. The summed E-state index contributed by atoms with van der Waals surface area (Å²) in [6.07, 6.45) is 10.4. The van der Waals surface area contributed by atoms with Crippen LogP contribution < -0.4 is 16.2 Å². The Morgan fingerprint density at radius 3 is 2.45 bits per heavy atom. The number of hydrogen-bond acceptors (Lipinski definition) is 6. The maximum Gasteiger partial charge on any atom is 0.252 e. The van der Waals surface area contributed by atoms with E-state index in [0.717, 1.165) is 18.5 Å². The fourth-order valence-corrected chi connectivity index (χ4v) is 4.23. The minimum Gasteiger partial charge on any atom is -0.508 e. The van der Waals surface area contributed by atoms with Crippen molar-refractivity contribution in [3.63, 3.8) is 0 Å². The van der Waals surface area contributed by atoms with Crippen molar-refractivity contribution < 1.29 is 5.11 Å². The van der Waals surface area contributed by atoms with E-state index < -0.39 is 0 Å². The van der Waals surface area contributed by atoms with Gasteiger partial charge in [0.1, 0.15) is 5.75 Å². The zero-order valence-corrected chi connectivity index (χ0v) is 19.8. The van der Waals surface area contributed by atoms with Gasteiger partial charge in [-0.3, -0.25) is 9.78 Å². The second-order valence-electron chi connectivity index (χ2n) is 7.21. The molecule has 0 fully saturated rings. The third-order valence-corrected chi connectivity index (χ3v) is 5.61. The highest BCUT2D eigenvalue weighted by Crippen LogP contribution is 2.26. The average Bonchev–Trinajstić information content (AvgIpc) is 3.22. The van der Waals surface area contributed by atoms with Crippen LogP contribution in [0.3, 0.4) is 0 Å². The number of nitrogens with one attached hydrogen (secondary N) is 3. The minimum atomic E-state index is -0.146. The fourth-order valence-electron chi connectivity index (χ4n) is 3.15. The van der Waals surface area contributed by atoms with Gasteiger partial charge < -0.3 is 15.7 Å². The van der Waals surface area contributed by atoms with Gasteiger partial charge in [0.05, 0.1) is 5.69 Å². The van der Waals surface area contributed by atoms with E-state index >= 15 is 0 Å². The van der Waals surface area contributed by atoms with E-state index in [-0.39, 0.29) is 11.3 Å². The summed E-state index contributed by atoms with van der Waals surface area (Å²) in [7, 11) is 3.75. The van der Waals surface area contributed by atoms with Crippen LogP contribution in [0.5, 0.6) is 5.75 Å². The summed E-state index contributed by atoms with van der Waals surface area (Å²) < 4.78 is 1.25. The lowest BCUT2D eigenvalue weighted by atomic mass is 10.1. The molecule has 0 saturated carbocycles. The van der Waals surface area contributed by atoms with Crippen molar-refractivity contribution in [3.8, 4) is 18.6 Å². The highest BCUT2D eigenvalue weighted by molar-refractivity contribution is 7.19. The lowest BCUT2D eigenvalue weighted by Crippen LogP contribution is -2.15. The van der Waals surface area contributed by atoms with Crippen molar-refractivity contribution in [2.24, 2.45) is 0 Å². The smallest absolute Gasteiger partial charge is 0.252 e. The number of hydrogen-bond donors (Lipinski definition) is 4. The Balaban J connectivity index is 0.000000714. The monoisotopic (exact) mass is 462 g/mol. The van der Waals surface area contributed by atoms with E-state index in [0.29, 0.717) is 18.9 Å². The third-order valence-electron chi connectivity index (χ3n) is 4.50. The first kappa shape index (κ1) is 25.7. The number of aromatic amines is 1. The first-order valence-electron chi connectivity index (χ1n) is 10.6. The predicted molar refractivity (Wildman–Crippen MR) is 139 cm³/mol. The van der Waals surface area contributed by atoms with Crippen LogP contribution in [0.2, 0.25) is 0 Å². The SMILES string of the molecule is C#C.CNC.O=c1cc(Cc2cc3ccccc3s2)nc(NCCCc2ccc(O)cc2)[nH]1. The molecular formula is C26H30N4O2S. The summed E-state index contributed by atoms with van der Waals surface area (Å²) >= 11 is 1.73. The summed E-state index contributed by atoms with van der Waals surface area (Å²) in [5.41, 5.74) is 1.78. The largest absolute Gasteiger partial charge is 0.508 e. The molecule has 0 spiro atoms. The number of aromatic hydroxyl groups is 1. The van der Waals surface area contributed by atoms with Crippen LogP contribution in [0, 0.1) is 12.8 Å². The van der Waals surface area contributed by atoms with Gasteiger partial charge in [0.25, 0.3) is 5.56 Å². The van der Waals surface area contributed by atoms with Gasteiger partial charge in [-0.2, -0.15) is 0 Å². The molecule has 0 aliphatic carbocycles. The van der Waals surface area contributed by atoms with E-state index in [1.165, 1.54) is 20.5 Å². The van der Waals surface area contributed by atoms with Crippen LogP contribution in [0.25, 0.3) is 10.1 Å². The molecule has 4 rings (SSSR count). The number of nitrogens with zero attached hydrogens (tertiary/aromatic N) is 1. The molecule has 2 aromatic carbocycles.